The van der Waals surface area contributed by atoms with Crippen LogP contribution in [0.2, 0.25) is 0 Å². The van der Waals surface area contributed by atoms with Crippen molar-refractivity contribution in [2.24, 2.45) is 0 Å². The fraction of sp³-hybridized carbons (Fsp3) is 0.238. The highest BCUT2D eigenvalue weighted by molar-refractivity contribution is 9.10. The third-order valence-corrected chi connectivity index (χ3v) is 11.7. The Bertz CT molecular complexity index is 2690. The zero-order valence-electron chi connectivity index (χ0n) is 32.9. The van der Waals surface area contributed by atoms with Crippen molar-refractivity contribution >= 4 is 139 Å². The van der Waals surface area contributed by atoms with Gasteiger partial charge in [-0.2, -0.15) is 0 Å². The monoisotopic (exact) mass is 918 g/mol. The van der Waals surface area contributed by atoms with E-state index in [1.807, 2.05) is 36.7 Å². The second-order valence-corrected chi connectivity index (χ2v) is 18.9. The number of alkyl halides is 2. The lowest BCUT2D eigenvalue weighted by molar-refractivity contribution is -0.115. The van der Waals surface area contributed by atoms with Crippen molar-refractivity contribution in [3.63, 3.8) is 0 Å². The van der Waals surface area contributed by atoms with Gasteiger partial charge in [-0.05, 0) is 123 Å². The number of hydrogen-bond acceptors (Lipinski definition) is 8. The molecule has 10 nitrogen and oxygen atoms in total. The summed E-state index contributed by atoms with van der Waals surface area (Å²) in [5.74, 6) is -0.194. The molecule has 5 heterocycles. The second kappa shape index (κ2) is 18.3. The summed E-state index contributed by atoms with van der Waals surface area (Å²) in [6.07, 6.45) is 3.89. The predicted molar refractivity (Wildman–Crippen MR) is 248 cm³/mol. The van der Waals surface area contributed by atoms with Crippen molar-refractivity contribution in [1.29, 1.82) is 0 Å². The maximum absolute atomic E-state index is 11.1. The van der Waals surface area contributed by atoms with Gasteiger partial charge in [0.15, 0.2) is 10.3 Å². The Balaban J connectivity index is 0.000000143. The number of nitrogens with zero attached hydrogens (tertiary/aromatic N) is 2. The molecule has 2 amide bonds. The summed E-state index contributed by atoms with van der Waals surface area (Å²) in [5.41, 5.74) is 6.89. The first-order valence-corrected chi connectivity index (χ1v) is 21.6. The van der Waals surface area contributed by atoms with E-state index in [1.54, 1.807) is 6.92 Å². The van der Waals surface area contributed by atoms with Crippen molar-refractivity contribution in [1.82, 2.24) is 19.9 Å². The highest BCUT2D eigenvalue weighted by Crippen LogP contribution is 2.37. The number of H-pyrrole nitrogens is 2. The molecular formula is C42H42BBrCl2N6O4S2. The molecule has 4 aromatic heterocycles. The van der Waals surface area contributed by atoms with E-state index in [-0.39, 0.29) is 35.0 Å². The van der Waals surface area contributed by atoms with Crippen molar-refractivity contribution < 1.29 is 18.9 Å². The number of fused-ring (bicyclic) bond motifs is 4. The molecule has 1 saturated heterocycles. The van der Waals surface area contributed by atoms with E-state index in [1.165, 1.54) is 52.9 Å². The van der Waals surface area contributed by atoms with E-state index in [0.717, 1.165) is 47.0 Å². The number of amides is 2. The molecule has 300 valence electrons. The Morgan fingerprint density at radius 3 is 1.72 bits per heavy atom. The van der Waals surface area contributed by atoms with Crippen LogP contribution in [0.25, 0.3) is 53.4 Å². The Kier molecular flexibility index (Phi) is 13.7. The van der Waals surface area contributed by atoms with Crippen molar-refractivity contribution in [3.8, 4) is 11.1 Å². The Hall–Kier alpha value is -4.28. The van der Waals surface area contributed by atoms with Gasteiger partial charge >= 0.3 is 7.12 Å². The fourth-order valence-corrected chi connectivity index (χ4v) is 8.26. The van der Waals surface area contributed by atoms with E-state index < -0.39 is 0 Å². The van der Waals surface area contributed by atoms with Gasteiger partial charge in [-0.25, -0.2) is 9.97 Å². The van der Waals surface area contributed by atoms with E-state index in [2.05, 4.69) is 135 Å². The second-order valence-electron chi connectivity index (χ2n) is 14.4. The minimum absolute atomic E-state index is 0.0943. The molecule has 58 heavy (non-hydrogen) atoms. The van der Waals surface area contributed by atoms with E-state index >= 15 is 0 Å². The van der Waals surface area contributed by atoms with Gasteiger partial charge < -0.3 is 29.9 Å². The van der Waals surface area contributed by atoms with Gasteiger partial charge in [-0.15, -0.1) is 23.2 Å². The Morgan fingerprint density at radius 1 is 0.707 bits per heavy atom. The van der Waals surface area contributed by atoms with Crippen LogP contribution in [-0.4, -0.2) is 54.9 Å². The van der Waals surface area contributed by atoms with Crippen molar-refractivity contribution in [3.05, 3.63) is 102 Å². The zero-order valence-corrected chi connectivity index (χ0v) is 37.6. The molecule has 4 N–H and O–H groups in total. The normalized spacial score (nSPS) is 14.1. The summed E-state index contributed by atoms with van der Waals surface area (Å²) < 4.78 is 15.2. The van der Waals surface area contributed by atoms with Gasteiger partial charge in [0.25, 0.3) is 0 Å². The lowest BCUT2D eigenvalue weighted by Crippen LogP contribution is -2.41. The van der Waals surface area contributed by atoms with Crippen LogP contribution in [0.4, 0.5) is 10.3 Å². The van der Waals surface area contributed by atoms with E-state index in [9.17, 15) is 9.59 Å². The van der Waals surface area contributed by atoms with Crippen LogP contribution in [0, 0.1) is 0 Å². The molecule has 1 fully saturated rings. The van der Waals surface area contributed by atoms with Gasteiger partial charge in [-0.1, -0.05) is 62.9 Å². The molecule has 0 saturated carbocycles. The third kappa shape index (κ3) is 10.9. The third-order valence-electron chi connectivity index (χ3n) is 9.29. The van der Waals surface area contributed by atoms with Gasteiger partial charge in [0.05, 0.1) is 31.6 Å². The van der Waals surface area contributed by atoms with Crippen LogP contribution >= 0.6 is 61.8 Å². The number of hydrogen-bond donors (Lipinski definition) is 4. The summed E-state index contributed by atoms with van der Waals surface area (Å²) in [4.78, 5) is 36.8. The molecule has 4 aromatic carbocycles. The number of carbonyl (C=O) groups is 2. The summed E-state index contributed by atoms with van der Waals surface area (Å²) in [5, 5.41) is 9.07. The first-order valence-electron chi connectivity index (χ1n) is 18.3. The van der Waals surface area contributed by atoms with Crippen LogP contribution in [0.3, 0.4) is 0 Å². The molecule has 16 heteroatoms. The van der Waals surface area contributed by atoms with Crippen molar-refractivity contribution in [2.45, 2.75) is 64.5 Å². The van der Waals surface area contributed by atoms with Crippen molar-refractivity contribution in [2.75, 3.05) is 10.6 Å². The molecule has 9 rings (SSSR count). The van der Waals surface area contributed by atoms with E-state index in [4.69, 9.17) is 32.5 Å². The van der Waals surface area contributed by atoms with Gasteiger partial charge in [0.1, 0.15) is 4.84 Å². The fourth-order valence-electron chi connectivity index (χ4n) is 5.84. The lowest BCUT2D eigenvalue weighted by atomic mass is 9.79. The molecule has 1 aliphatic heterocycles. The average Bonchev–Trinajstić information content (AvgIpc) is 3.97. The quantitative estimate of drug-likeness (QED) is 0.103. The van der Waals surface area contributed by atoms with Crippen LogP contribution in [0.5, 0.6) is 0 Å². The number of halogens is 3. The average molecular weight is 921 g/mol. The van der Waals surface area contributed by atoms with E-state index in [0.29, 0.717) is 10.3 Å². The Morgan fingerprint density at radius 2 is 1.17 bits per heavy atom. The first-order chi connectivity index (χ1) is 27.5. The topological polar surface area (TPSA) is 134 Å². The summed E-state index contributed by atoms with van der Waals surface area (Å²) in [7, 11) is -0.283. The van der Waals surface area contributed by atoms with Crippen LogP contribution in [-0.2, 0) is 18.9 Å². The number of anilines is 2. The molecule has 0 radical (unpaired) electrons. The molecule has 0 spiro atoms. The number of thiazole rings is 2. The SMILES string of the molecule is CC(=O)Nc1nc2ccc(-c3ccc4[nH]ccc4c3)cc2s1.CC(=O)Nc1nc2ccc(Br)cc2s1.CC(Cl)Cl.CC1(C)OB(c2ccc3[nH]ccc3c2)OC1(C)C. The molecule has 1 aliphatic rings. The number of aromatic amines is 2. The summed E-state index contributed by atoms with van der Waals surface area (Å²) in [6, 6.07) is 28.7. The van der Waals surface area contributed by atoms with Crippen LogP contribution < -0.4 is 16.1 Å². The standard InChI is InChI=1S/C17H13N3OS.C14H18BNO2.C9H7BrN2OS.C2H4Cl2/c1-10(21)19-17-20-15-5-3-12(9-16(15)22-17)11-2-4-14-13(8-11)6-7-18-14;1-13(2)14(3,4)18-15(17-13)11-5-6-12-10(9-11)7-8-16-12;1-5(13)11-9-12-7-3-2-6(10)4-8(7)14-9;1-2(3)4/h2-9,18H,1H3,(H,19,20,21);5-9,16H,1-4H3;2-4H,1H3,(H,11,12,13);2H,1H3. The molecular weight excluding hydrogens is 878 g/mol. The van der Waals surface area contributed by atoms with Crippen LogP contribution in [0.1, 0.15) is 48.5 Å². The summed E-state index contributed by atoms with van der Waals surface area (Å²) >= 11 is 16.4. The Labute approximate surface area is 363 Å². The highest BCUT2D eigenvalue weighted by Gasteiger charge is 2.51. The molecule has 8 aromatic rings. The minimum Gasteiger partial charge on any atom is -0.399 e. The van der Waals surface area contributed by atoms with Gasteiger partial charge in [0.2, 0.25) is 11.8 Å². The predicted octanol–water partition coefficient (Wildman–Crippen LogP) is 11.7. The molecule has 0 aliphatic carbocycles. The van der Waals surface area contributed by atoms with Gasteiger partial charge in [0, 0.05) is 41.7 Å². The maximum atomic E-state index is 11.1. The lowest BCUT2D eigenvalue weighted by Gasteiger charge is -2.32. The first kappa shape index (κ1) is 43.3. The maximum Gasteiger partial charge on any atom is 0.494 e. The number of rotatable bonds is 4. The molecule has 0 bridgehead atoms. The molecule has 0 unspecified atom stereocenters. The number of nitrogens with one attached hydrogen (secondary N) is 4. The highest BCUT2D eigenvalue weighted by atomic mass is 79.9. The number of aromatic nitrogens is 4. The molecule has 0 atom stereocenters. The number of benzene rings is 4. The zero-order chi connectivity index (χ0) is 41.8. The smallest absolute Gasteiger partial charge is 0.399 e. The number of carbonyl (C=O) groups excluding carboxylic acids is 2. The van der Waals surface area contributed by atoms with Gasteiger partial charge in [-0.3, -0.25) is 9.59 Å². The largest absolute Gasteiger partial charge is 0.494 e. The van der Waals surface area contributed by atoms with Crippen LogP contribution in [0.15, 0.2) is 102 Å². The summed E-state index contributed by atoms with van der Waals surface area (Å²) in [6.45, 7) is 12.9. The minimum atomic E-state index is -0.287.